The van der Waals surface area contributed by atoms with Crippen LogP contribution < -0.4 is 4.90 Å². The summed E-state index contributed by atoms with van der Waals surface area (Å²) in [6.45, 7) is 5.55. The normalized spacial score (nSPS) is 18.1. The van der Waals surface area contributed by atoms with Gasteiger partial charge in [0.1, 0.15) is 11.6 Å². The topological polar surface area (TPSA) is 46.1 Å². The molecule has 82 valence electrons. The summed E-state index contributed by atoms with van der Waals surface area (Å²) in [5, 5.41) is 0. The summed E-state index contributed by atoms with van der Waals surface area (Å²) in [4.78, 5) is 10.8. The number of aryl methyl sites for hydroxylation is 2. The van der Waals surface area contributed by atoms with E-state index in [4.69, 9.17) is 0 Å². The third-order valence-electron chi connectivity index (χ3n) is 2.45. The number of anilines is 1. The Labute approximate surface area is 92.2 Å². The molecule has 0 radical (unpaired) electrons. The zero-order valence-corrected chi connectivity index (χ0v) is 9.88. The predicted octanol–water partition coefficient (Wildman–Crippen LogP) is 0.662. The molecule has 1 aliphatic heterocycles. The van der Waals surface area contributed by atoms with E-state index in [1.54, 1.807) is 0 Å². The zero-order valence-electron chi connectivity index (χ0n) is 9.06. The molecule has 0 atom stereocenters. The molecule has 0 aliphatic carbocycles. The van der Waals surface area contributed by atoms with E-state index in [1.165, 1.54) is 0 Å². The van der Waals surface area contributed by atoms with Gasteiger partial charge >= 0.3 is 0 Å². The van der Waals surface area contributed by atoms with Crippen LogP contribution in [0.25, 0.3) is 0 Å². The second kappa shape index (κ2) is 4.26. The lowest BCUT2D eigenvalue weighted by molar-refractivity contribution is 0.672. The predicted molar refractivity (Wildman–Crippen MR) is 61.6 cm³/mol. The minimum Gasteiger partial charge on any atom is -0.355 e. The van der Waals surface area contributed by atoms with E-state index < -0.39 is 10.8 Å². The van der Waals surface area contributed by atoms with Crippen molar-refractivity contribution in [1.82, 2.24) is 9.97 Å². The first-order valence-electron chi connectivity index (χ1n) is 5.07. The molecule has 4 nitrogen and oxygen atoms in total. The van der Waals surface area contributed by atoms with Crippen LogP contribution >= 0.6 is 0 Å². The van der Waals surface area contributed by atoms with Crippen LogP contribution in [-0.4, -0.2) is 38.8 Å². The van der Waals surface area contributed by atoms with Gasteiger partial charge in [-0.05, 0) is 13.8 Å². The van der Waals surface area contributed by atoms with E-state index in [2.05, 4.69) is 14.9 Å². The number of nitrogens with zero attached hydrogens (tertiary/aromatic N) is 3. The molecule has 0 N–H and O–H groups in total. The van der Waals surface area contributed by atoms with Crippen molar-refractivity contribution in [1.29, 1.82) is 0 Å². The SMILES string of the molecule is Cc1cc(N2CCS(=O)CC2)nc(C)n1. The number of aromatic nitrogens is 2. The van der Waals surface area contributed by atoms with Gasteiger partial charge < -0.3 is 4.90 Å². The Kier molecular flexibility index (Phi) is 3.00. The Bertz CT molecular complexity index is 364. The fraction of sp³-hybridized carbons (Fsp3) is 0.600. The highest BCUT2D eigenvalue weighted by Gasteiger charge is 2.16. The molecule has 15 heavy (non-hydrogen) atoms. The molecule has 0 aromatic carbocycles. The van der Waals surface area contributed by atoms with Crippen molar-refractivity contribution in [2.24, 2.45) is 0 Å². The highest BCUT2D eigenvalue weighted by Crippen LogP contribution is 2.14. The van der Waals surface area contributed by atoms with E-state index in [0.29, 0.717) is 0 Å². The van der Waals surface area contributed by atoms with Gasteiger partial charge in [0.2, 0.25) is 0 Å². The minimum absolute atomic E-state index is 0.630. The first kappa shape index (κ1) is 10.5. The average molecular weight is 225 g/mol. The van der Waals surface area contributed by atoms with Crippen LogP contribution in [-0.2, 0) is 10.8 Å². The van der Waals surface area contributed by atoms with Crippen molar-refractivity contribution in [2.75, 3.05) is 29.5 Å². The van der Waals surface area contributed by atoms with Gasteiger partial charge in [0.15, 0.2) is 0 Å². The lowest BCUT2D eigenvalue weighted by Gasteiger charge is -2.27. The van der Waals surface area contributed by atoms with Crippen LogP contribution in [0.4, 0.5) is 5.82 Å². The second-order valence-electron chi connectivity index (χ2n) is 3.75. The molecule has 0 amide bonds. The molecule has 0 spiro atoms. The molecule has 1 fully saturated rings. The van der Waals surface area contributed by atoms with Gasteiger partial charge in [-0.25, -0.2) is 9.97 Å². The Balaban J connectivity index is 2.18. The molecule has 1 aromatic rings. The molecule has 5 heteroatoms. The third kappa shape index (κ3) is 2.53. The Morgan fingerprint density at radius 1 is 1.27 bits per heavy atom. The van der Waals surface area contributed by atoms with Crippen molar-refractivity contribution >= 4 is 16.6 Å². The molecule has 0 saturated carbocycles. The van der Waals surface area contributed by atoms with Gasteiger partial charge in [0, 0.05) is 47.2 Å². The average Bonchev–Trinajstić information content (AvgIpc) is 2.17. The van der Waals surface area contributed by atoms with Gasteiger partial charge in [0.05, 0.1) is 0 Å². The molecular weight excluding hydrogens is 210 g/mol. The summed E-state index contributed by atoms with van der Waals surface area (Å²) in [7, 11) is -0.630. The van der Waals surface area contributed by atoms with Gasteiger partial charge in [0.25, 0.3) is 0 Å². The van der Waals surface area contributed by atoms with Crippen molar-refractivity contribution in [3.05, 3.63) is 17.6 Å². The number of rotatable bonds is 1. The lowest BCUT2D eigenvalue weighted by Crippen LogP contribution is -2.38. The van der Waals surface area contributed by atoms with Crippen LogP contribution in [0.3, 0.4) is 0 Å². The van der Waals surface area contributed by atoms with Crippen molar-refractivity contribution < 1.29 is 4.21 Å². The second-order valence-corrected chi connectivity index (χ2v) is 5.45. The molecule has 1 aliphatic rings. The van der Waals surface area contributed by atoms with Crippen LogP contribution in [0.2, 0.25) is 0 Å². The first-order chi connectivity index (χ1) is 7.15. The van der Waals surface area contributed by atoms with E-state index in [0.717, 1.165) is 41.9 Å². The summed E-state index contributed by atoms with van der Waals surface area (Å²) >= 11 is 0. The summed E-state index contributed by atoms with van der Waals surface area (Å²) < 4.78 is 11.2. The zero-order chi connectivity index (χ0) is 10.8. The highest BCUT2D eigenvalue weighted by atomic mass is 32.2. The van der Waals surface area contributed by atoms with E-state index >= 15 is 0 Å². The van der Waals surface area contributed by atoms with Gasteiger partial charge in [-0.15, -0.1) is 0 Å². The summed E-state index contributed by atoms with van der Waals surface area (Å²) in [6.07, 6.45) is 0. The maximum Gasteiger partial charge on any atom is 0.132 e. The molecule has 0 unspecified atom stereocenters. The smallest absolute Gasteiger partial charge is 0.132 e. The van der Waals surface area contributed by atoms with Crippen LogP contribution in [0.5, 0.6) is 0 Å². The van der Waals surface area contributed by atoms with Crippen LogP contribution in [0.15, 0.2) is 6.07 Å². The Hall–Kier alpha value is -0.970. The maximum absolute atomic E-state index is 11.2. The lowest BCUT2D eigenvalue weighted by atomic mass is 10.3. The van der Waals surface area contributed by atoms with Crippen molar-refractivity contribution in [2.45, 2.75) is 13.8 Å². The van der Waals surface area contributed by atoms with E-state index in [9.17, 15) is 4.21 Å². The third-order valence-corrected chi connectivity index (χ3v) is 3.73. The largest absolute Gasteiger partial charge is 0.355 e. The summed E-state index contributed by atoms with van der Waals surface area (Å²) in [6, 6.07) is 1.99. The fourth-order valence-electron chi connectivity index (χ4n) is 1.73. The number of hydrogen-bond donors (Lipinski definition) is 0. The van der Waals surface area contributed by atoms with Crippen LogP contribution in [0.1, 0.15) is 11.5 Å². The minimum atomic E-state index is -0.630. The maximum atomic E-state index is 11.2. The Morgan fingerprint density at radius 2 is 1.93 bits per heavy atom. The fourth-order valence-corrected chi connectivity index (χ4v) is 2.78. The van der Waals surface area contributed by atoms with Gasteiger partial charge in [-0.3, -0.25) is 4.21 Å². The standard InChI is InChI=1S/C10H15N3OS/c1-8-7-10(12-9(2)11-8)13-3-5-15(14)6-4-13/h7H,3-6H2,1-2H3. The van der Waals surface area contributed by atoms with Crippen LogP contribution in [0, 0.1) is 13.8 Å². The highest BCUT2D eigenvalue weighted by molar-refractivity contribution is 7.85. The molecule has 0 bridgehead atoms. The molecule has 1 aromatic heterocycles. The quantitative estimate of drug-likeness (QED) is 0.704. The van der Waals surface area contributed by atoms with Gasteiger partial charge in [-0.2, -0.15) is 0 Å². The summed E-state index contributed by atoms with van der Waals surface area (Å²) in [5.74, 6) is 3.28. The molecule has 1 saturated heterocycles. The van der Waals surface area contributed by atoms with E-state index in [1.807, 2.05) is 19.9 Å². The molecule has 2 rings (SSSR count). The van der Waals surface area contributed by atoms with E-state index in [-0.39, 0.29) is 0 Å². The van der Waals surface area contributed by atoms with Crippen molar-refractivity contribution in [3.8, 4) is 0 Å². The monoisotopic (exact) mass is 225 g/mol. The van der Waals surface area contributed by atoms with Crippen molar-refractivity contribution in [3.63, 3.8) is 0 Å². The molecule has 2 heterocycles. The molecular formula is C10H15N3OS. The summed E-state index contributed by atoms with van der Waals surface area (Å²) in [5.41, 5.74) is 0.990. The van der Waals surface area contributed by atoms with Gasteiger partial charge in [-0.1, -0.05) is 0 Å². The Morgan fingerprint density at radius 3 is 2.53 bits per heavy atom. The number of hydrogen-bond acceptors (Lipinski definition) is 4. The first-order valence-corrected chi connectivity index (χ1v) is 6.56.